The second-order valence-electron chi connectivity index (χ2n) is 5.56. The Morgan fingerprint density at radius 1 is 1.00 bits per heavy atom. The van der Waals surface area contributed by atoms with Crippen LogP contribution in [-0.2, 0) is 13.0 Å². The van der Waals surface area contributed by atoms with Gasteiger partial charge in [0.2, 0.25) is 0 Å². The van der Waals surface area contributed by atoms with E-state index in [1.54, 1.807) is 12.1 Å². The van der Waals surface area contributed by atoms with Crippen LogP contribution in [-0.4, -0.2) is 24.1 Å². The third-order valence-corrected chi connectivity index (χ3v) is 3.88. The Balaban J connectivity index is 1.46. The van der Waals surface area contributed by atoms with Gasteiger partial charge < -0.3 is 4.74 Å². The van der Waals surface area contributed by atoms with Crippen LogP contribution in [0.25, 0.3) is 0 Å². The fraction of sp³-hybridized carbons (Fsp3) is 0.333. The Bertz CT molecular complexity index is 573. The molecule has 0 spiro atoms. The van der Waals surface area contributed by atoms with Crippen LogP contribution >= 0.6 is 0 Å². The summed E-state index contributed by atoms with van der Waals surface area (Å²) in [6, 6.07) is 15.0. The van der Waals surface area contributed by atoms with Gasteiger partial charge in [0.15, 0.2) is 0 Å². The van der Waals surface area contributed by atoms with Crippen LogP contribution in [0.4, 0.5) is 4.39 Å². The van der Waals surface area contributed by atoms with Crippen LogP contribution in [0.1, 0.15) is 18.1 Å². The molecule has 2 aromatic carbocycles. The molecule has 0 aromatic heterocycles. The molecule has 0 unspecified atom stereocenters. The number of aryl methyl sites for hydroxylation is 1. The van der Waals surface area contributed by atoms with E-state index in [4.69, 9.17) is 4.74 Å². The fourth-order valence-electron chi connectivity index (χ4n) is 2.57. The lowest BCUT2D eigenvalue weighted by molar-refractivity contribution is 0.0145. The minimum absolute atomic E-state index is 0.213. The smallest absolute Gasteiger partial charge is 0.124 e. The van der Waals surface area contributed by atoms with Gasteiger partial charge in [-0.3, -0.25) is 4.90 Å². The van der Waals surface area contributed by atoms with Crippen molar-refractivity contribution in [3.8, 4) is 5.75 Å². The summed E-state index contributed by atoms with van der Waals surface area (Å²) in [5.41, 5.74) is 2.72. The second-order valence-corrected chi connectivity index (χ2v) is 5.56. The summed E-state index contributed by atoms with van der Waals surface area (Å²) in [4.78, 5) is 2.36. The molecule has 1 heterocycles. The lowest BCUT2D eigenvalue weighted by Crippen LogP contribution is -2.53. The zero-order valence-corrected chi connectivity index (χ0v) is 12.3. The molecular formula is C18H20FNO. The van der Waals surface area contributed by atoms with Gasteiger partial charge in [0.1, 0.15) is 17.7 Å². The summed E-state index contributed by atoms with van der Waals surface area (Å²) in [5.74, 6) is 0.515. The Labute approximate surface area is 125 Å². The molecule has 0 N–H and O–H groups in total. The topological polar surface area (TPSA) is 12.5 Å². The molecule has 1 fully saturated rings. The second kappa shape index (κ2) is 6.27. The first-order chi connectivity index (χ1) is 10.2. The average Bonchev–Trinajstić information content (AvgIpc) is 2.48. The third kappa shape index (κ3) is 3.61. The minimum atomic E-state index is -0.229. The lowest BCUT2D eigenvalue weighted by atomic mass is 10.1. The first kappa shape index (κ1) is 14.1. The van der Waals surface area contributed by atoms with Gasteiger partial charge >= 0.3 is 0 Å². The van der Waals surface area contributed by atoms with Crippen LogP contribution in [0.2, 0.25) is 0 Å². The zero-order chi connectivity index (χ0) is 14.7. The molecular weight excluding hydrogens is 265 g/mol. The predicted octanol–water partition coefficient (Wildman–Crippen LogP) is 3.65. The summed E-state index contributed by atoms with van der Waals surface area (Å²) in [6.07, 6.45) is 1.29. The number of benzene rings is 2. The number of hydrogen-bond acceptors (Lipinski definition) is 2. The SMILES string of the molecule is CCc1ccc(CN2CC(Oc3ccc(F)cc3)C2)cc1. The first-order valence-corrected chi connectivity index (χ1v) is 7.45. The maximum absolute atomic E-state index is 12.8. The van der Waals surface area contributed by atoms with Crippen molar-refractivity contribution in [1.29, 1.82) is 0 Å². The van der Waals surface area contributed by atoms with Crippen molar-refractivity contribution < 1.29 is 9.13 Å². The highest BCUT2D eigenvalue weighted by molar-refractivity contribution is 5.24. The number of ether oxygens (including phenoxy) is 1. The Kier molecular flexibility index (Phi) is 4.20. The van der Waals surface area contributed by atoms with Gasteiger partial charge in [0.25, 0.3) is 0 Å². The molecule has 1 aliphatic rings. The largest absolute Gasteiger partial charge is 0.488 e. The van der Waals surface area contributed by atoms with Crippen molar-refractivity contribution in [1.82, 2.24) is 4.90 Å². The highest BCUT2D eigenvalue weighted by Gasteiger charge is 2.28. The summed E-state index contributed by atoms with van der Waals surface area (Å²) in [7, 11) is 0. The molecule has 0 amide bonds. The maximum Gasteiger partial charge on any atom is 0.124 e. The molecule has 0 radical (unpaired) electrons. The Hall–Kier alpha value is -1.87. The molecule has 3 rings (SSSR count). The van der Waals surface area contributed by atoms with E-state index >= 15 is 0 Å². The average molecular weight is 285 g/mol. The number of likely N-dealkylation sites (tertiary alicyclic amines) is 1. The highest BCUT2D eigenvalue weighted by Crippen LogP contribution is 2.20. The van der Waals surface area contributed by atoms with E-state index in [1.807, 2.05) is 0 Å². The van der Waals surface area contributed by atoms with Crippen molar-refractivity contribution in [2.75, 3.05) is 13.1 Å². The lowest BCUT2D eigenvalue weighted by Gasteiger charge is -2.39. The van der Waals surface area contributed by atoms with Gasteiger partial charge in [-0.25, -0.2) is 4.39 Å². The molecule has 0 bridgehead atoms. The van der Waals surface area contributed by atoms with E-state index in [1.165, 1.54) is 23.3 Å². The van der Waals surface area contributed by atoms with Crippen LogP contribution in [0.5, 0.6) is 5.75 Å². The molecule has 0 aliphatic carbocycles. The van der Waals surface area contributed by atoms with E-state index in [0.717, 1.165) is 31.8 Å². The van der Waals surface area contributed by atoms with Crippen LogP contribution in [0.3, 0.4) is 0 Å². The van der Waals surface area contributed by atoms with Gasteiger partial charge in [-0.05, 0) is 41.8 Å². The molecule has 110 valence electrons. The van der Waals surface area contributed by atoms with E-state index < -0.39 is 0 Å². The van der Waals surface area contributed by atoms with Crippen molar-refractivity contribution in [2.24, 2.45) is 0 Å². The number of hydrogen-bond donors (Lipinski definition) is 0. The number of rotatable bonds is 5. The summed E-state index contributed by atoms with van der Waals surface area (Å²) >= 11 is 0. The van der Waals surface area contributed by atoms with Gasteiger partial charge in [-0.15, -0.1) is 0 Å². The molecule has 1 aliphatic heterocycles. The van der Waals surface area contributed by atoms with Crippen LogP contribution in [0, 0.1) is 5.82 Å². The van der Waals surface area contributed by atoms with Crippen molar-refractivity contribution in [2.45, 2.75) is 26.0 Å². The number of nitrogens with zero attached hydrogens (tertiary/aromatic N) is 1. The molecule has 3 heteroatoms. The third-order valence-electron chi connectivity index (χ3n) is 3.88. The van der Waals surface area contributed by atoms with E-state index in [9.17, 15) is 4.39 Å². The first-order valence-electron chi connectivity index (χ1n) is 7.45. The zero-order valence-electron chi connectivity index (χ0n) is 12.3. The van der Waals surface area contributed by atoms with Gasteiger partial charge in [0, 0.05) is 19.6 Å². The van der Waals surface area contributed by atoms with Gasteiger partial charge in [0.05, 0.1) is 0 Å². The minimum Gasteiger partial charge on any atom is -0.488 e. The molecule has 2 nitrogen and oxygen atoms in total. The standard InChI is InChI=1S/C18H20FNO/c1-2-14-3-5-15(6-4-14)11-20-12-18(13-20)21-17-9-7-16(19)8-10-17/h3-10,18H,2,11-13H2,1H3. The maximum atomic E-state index is 12.8. The quantitative estimate of drug-likeness (QED) is 0.831. The van der Waals surface area contributed by atoms with Gasteiger partial charge in [-0.1, -0.05) is 31.2 Å². The molecule has 0 saturated carbocycles. The Morgan fingerprint density at radius 2 is 1.62 bits per heavy atom. The van der Waals surface area contributed by atoms with Crippen molar-refractivity contribution >= 4 is 0 Å². The van der Waals surface area contributed by atoms with E-state index in [0.29, 0.717) is 0 Å². The summed E-state index contributed by atoms with van der Waals surface area (Å²) in [6.45, 7) is 4.98. The monoisotopic (exact) mass is 285 g/mol. The predicted molar refractivity (Wildman–Crippen MR) is 81.9 cm³/mol. The van der Waals surface area contributed by atoms with Crippen LogP contribution in [0.15, 0.2) is 48.5 Å². The van der Waals surface area contributed by atoms with E-state index in [-0.39, 0.29) is 11.9 Å². The molecule has 2 aromatic rings. The van der Waals surface area contributed by atoms with Crippen molar-refractivity contribution in [3.63, 3.8) is 0 Å². The molecule has 21 heavy (non-hydrogen) atoms. The number of halogens is 1. The summed E-state index contributed by atoms with van der Waals surface area (Å²) < 4.78 is 18.6. The van der Waals surface area contributed by atoms with Crippen LogP contribution < -0.4 is 4.74 Å². The summed E-state index contributed by atoms with van der Waals surface area (Å²) in [5, 5.41) is 0. The van der Waals surface area contributed by atoms with Gasteiger partial charge in [-0.2, -0.15) is 0 Å². The Morgan fingerprint density at radius 3 is 2.24 bits per heavy atom. The highest BCUT2D eigenvalue weighted by atomic mass is 19.1. The normalized spacial score (nSPS) is 15.7. The van der Waals surface area contributed by atoms with Crippen molar-refractivity contribution in [3.05, 3.63) is 65.5 Å². The van der Waals surface area contributed by atoms with E-state index in [2.05, 4.69) is 36.1 Å². The fourth-order valence-corrected chi connectivity index (χ4v) is 2.57. The molecule has 1 saturated heterocycles. The molecule has 0 atom stereocenters.